The molecule has 1 aromatic rings. The van der Waals surface area contributed by atoms with E-state index in [0.717, 1.165) is 12.3 Å². The van der Waals surface area contributed by atoms with Gasteiger partial charge >= 0.3 is 0 Å². The second-order valence-corrected chi connectivity index (χ2v) is 6.13. The Kier molecular flexibility index (Phi) is 3.61. The Labute approximate surface area is 115 Å². The molecule has 2 atom stereocenters. The maximum absolute atomic E-state index is 10.3. The van der Waals surface area contributed by atoms with E-state index in [9.17, 15) is 5.11 Å². The Balaban J connectivity index is 1.66. The molecular formula is C16H23NO2. The number of aliphatic hydroxyl groups is 1. The van der Waals surface area contributed by atoms with Gasteiger partial charge in [-0.3, -0.25) is 0 Å². The summed E-state index contributed by atoms with van der Waals surface area (Å²) >= 11 is 0. The molecule has 2 N–H and O–H groups in total. The third-order valence-electron chi connectivity index (χ3n) is 4.26. The number of rotatable bonds is 5. The summed E-state index contributed by atoms with van der Waals surface area (Å²) in [7, 11) is 0. The molecule has 1 heterocycles. The lowest BCUT2D eigenvalue weighted by Crippen LogP contribution is -2.42. The lowest BCUT2D eigenvalue weighted by atomic mass is 9.98. The van der Waals surface area contributed by atoms with Crippen molar-refractivity contribution in [2.45, 2.75) is 37.8 Å². The smallest absolute Gasteiger partial charge is 0.103 e. The molecule has 104 valence electrons. The van der Waals surface area contributed by atoms with Crippen LogP contribution in [0.25, 0.3) is 0 Å². The average Bonchev–Trinajstić information content (AvgIpc) is 3.14. The zero-order chi connectivity index (χ0) is 13.3. The fraction of sp³-hybridized carbons (Fsp3) is 0.625. The van der Waals surface area contributed by atoms with Crippen molar-refractivity contribution in [3.05, 3.63) is 35.4 Å². The normalized spacial score (nSPS) is 28.5. The second-order valence-electron chi connectivity index (χ2n) is 6.13. The highest BCUT2D eigenvalue weighted by atomic mass is 16.5. The first-order chi connectivity index (χ1) is 9.16. The molecule has 3 rings (SSSR count). The first-order valence-corrected chi connectivity index (χ1v) is 7.26. The summed E-state index contributed by atoms with van der Waals surface area (Å²) in [5.74, 6) is 0.730. The molecule has 2 aliphatic rings. The van der Waals surface area contributed by atoms with E-state index in [-0.39, 0.29) is 0 Å². The van der Waals surface area contributed by atoms with E-state index in [4.69, 9.17) is 4.74 Å². The van der Waals surface area contributed by atoms with Crippen molar-refractivity contribution in [3.63, 3.8) is 0 Å². The van der Waals surface area contributed by atoms with Crippen LogP contribution in [0.15, 0.2) is 24.3 Å². The minimum atomic E-state index is -0.669. The van der Waals surface area contributed by atoms with E-state index in [1.54, 1.807) is 0 Å². The molecule has 0 aromatic heterocycles. The highest BCUT2D eigenvalue weighted by Crippen LogP contribution is 2.41. The lowest BCUT2D eigenvalue weighted by molar-refractivity contribution is 0.0241. The Hall–Kier alpha value is -0.900. The summed E-state index contributed by atoms with van der Waals surface area (Å²) in [5, 5.41) is 13.9. The van der Waals surface area contributed by atoms with E-state index in [2.05, 4.69) is 36.5 Å². The Bertz CT molecular complexity index is 419. The quantitative estimate of drug-likeness (QED) is 0.853. The summed E-state index contributed by atoms with van der Waals surface area (Å²) in [6, 6.07) is 9.13. The molecule has 1 aromatic carbocycles. The summed E-state index contributed by atoms with van der Waals surface area (Å²) in [6.07, 6.45) is 3.33. The van der Waals surface area contributed by atoms with Crippen LogP contribution in [0.5, 0.6) is 0 Å². The number of aryl methyl sites for hydroxylation is 1. The highest BCUT2D eigenvalue weighted by molar-refractivity contribution is 5.25. The zero-order valence-electron chi connectivity index (χ0n) is 11.6. The molecule has 1 saturated heterocycles. The molecule has 1 saturated carbocycles. The van der Waals surface area contributed by atoms with E-state index < -0.39 is 5.60 Å². The van der Waals surface area contributed by atoms with Crippen molar-refractivity contribution in [3.8, 4) is 0 Å². The molecule has 19 heavy (non-hydrogen) atoms. The van der Waals surface area contributed by atoms with Crippen molar-refractivity contribution < 1.29 is 9.84 Å². The van der Waals surface area contributed by atoms with Gasteiger partial charge in [-0.05, 0) is 31.2 Å². The van der Waals surface area contributed by atoms with Crippen LogP contribution >= 0.6 is 0 Å². The van der Waals surface area contributed by atoms with Crippen LogP contribution < -0.4 is 5.32 Å². The average molecular weight is 261 g/mol. The molecule has 1 aliphatic carbocycles. The molecule has 0 bridgehead atoms. The number of hydrogen-bond donors (Lipinski definition) is 2. The van der Waals surface area contributed by atoms with Crippen molar-refractivity contribution in [2.75, 3.05) is 19.8 Å². The Morgan fingerprint density at radius 3 is 2.68 bits per heavy atom. The van der Waals surface area contributed by atoms with Gasteiger partial charge in [0.05, 0.1) is 6.61 Å². The molecule has 3 nitrogen and oxygen atoms in total. The Morgan fingerprint density at radius 2 is 2.11 bits per heavy atom. The van der Waals surface area contributed by atoms with E-state index in [1.807, 2.05) is 0 Å². The largest absolute Gasteiger partial charge is 0.386 e. The number of nitrogens with one attached hydrogen (secondary N) is 1. The molecule has 2 fully saturated rings. The van der Waals surface area contributed by atoms with Crippen LogP contribution in [0.3, 0.4) is 0 Å². The third-order valence-corrected chi connectivity index (χ3v) is 4.26. The van der Waals surface area contributed by atoms with Crippen molar-refractivity contribution >= 4 is 0 Å². The van der Waals surface area contributed by atoms with Crippen LogP contribution in [0, 0.1) is 12.8 Å². The maximum atomic E-state index is 10.3. The van der Waals surface area contributed by atoms with Crippen LogP contribution in [0.4, 0.5) is 0 Å². The summed E-state index contributed by atoms with van der Waals surface area (Å²) in [4.78, 5) is 0. The summed E-state index contributed by atoms with van der Waals surface area (Å²) in [6.45, 7) is 3.88. The monoisotopic (exact) mass is 261 g/mol. The number of ether oxygens (including phenoxy) is 1. The molecule has 0 amide bonds. The number of hydrogen-bond acceptors (Lipinski definition) is 3. The third kappa shape index (κ3) is 3.16. The van der Waals surface area contributed by atoms with Gasteiger partial charge in [0.1, 0.15) is 5.60 Å². The van der Waals surface area contributed by atoms with Gasteiger partial charge in [0, 0.05) is 25.6 Å². The van der Waals surface area contributed by atoms with Gasteiger partial charge in [0.2, 0.25) is 0 Å². The predicted molar refractivity (Wildman–Crippen MR) is 75.0 cm³/mol. The van der Waals surface area contributed by atoms with Gasteiger partial charge in [-0.25, -0.2) is 0 Å². The van der Waals surface area contributed by atoms with Gasteiger partial charge in [0.25, 0.3) is 0 Å². The SMILES string of the molecule is Cc1ccc(C(NCC2(O)CCOC2)C2CC2)cc1. The number of benzene rings is 1. The van der Waals surface area contributed by atoms with Crippen molar-refractivity contribution in [1.29, 1.82) is 0 Å². The van der Waals surface area contributed by atoms with E-state index >= 15 is 0 Å². The standard InChI is InChI=1S/C16H23NO2/c1-12-2-4-13(5-3-12)15(14-6-7-14)17-10-16(18)8-9-19-11-16/h2-5,14-15,17-18H,6-11H2,1H3. The van der Waals surface area contributed by atoms with Crippen LogP contribution in [-0.4, -0.2) is 30.5 Å². The van der Waals surface area contributed by atoms with Gasteiger partial charge in [-0.1, -0.05) is 29.8 Å². The first kappa shape index (κ1) is 13.1. The fourth-order valence-electron chi connectivity index (χ4n) is 2.80. The minimum absolute atomic E-state index is 0.380. The molecule has 2 unspecified atom stereocenters. The fourth-order valence-corrected chi connectivity index (χ4v) is 2.80. The topological polar surface area (TPSA) is 41.5 Å². The van der Waals surface area contributed by atoms with Gasteiger partial charge in [-0.2, -0.15) is 0 Å². The minimum Gasteiger partial charge on any atom is -0.386 e. The van der Waals surface area contributed by atoms with Crippen LogP contribution in [0.1, 0.15) is 36.4 Å². The Morgan fingerprint density at radius 1 is 1.37 bits per heavy atom. The molecule has 0 radical (unpaired) electrons. The summed E-state index contributed by atoms with van der Waals surface area (Å²) < 4.78 is 5.30. The molecule has 0 spiro atoms. The molecular weight excluding hydrogens is 238 g/mol. The summed E-state index contributed by atoms with van der Waals surface area (Å²) in [5.41, 5.74) is 1.97. The predicted octanol–water partition coefficient (Wildman–Crippen LogP) is 2.19. The van der Waals surface area contributed by atoms with Crippen LogP contribution in [0.2, 0.25) is 0 Å². The van der Waals surface area contributed by atoms with Crippen molar-refractivity contribution in [2.24, 2.45) is 5.92 Å². The highest BCUT2D eigenvalue weighted by Gasteiger charge is 2.36. The maximum Gasteiger partial charge on any atom is 0.103 e. The lowest BCUT2D eigenvalue weighted by Gasteiger charge is -2.26. The van der Waals surface area contributed by atoms with Crippen LogP contribution in [-0.2, 0) is 4.74 Å². The molecule has 3 heteroatoms. The van der Waals surface area contributed by atoms with Gasteiger partial charge in [0.15, 0.2) is 0 Å². The second kappa shape index (κ2) is 5.23. The van der Waals surface area contributed by atoms with Gasteiger partial charge < -0.3 is 15.2 Å². The zero-order valence-corrected chi connectivity index (χ0v) is 11.6. The van der Waals surface area contributed by atoms with E-state index in [0.29, 0.717) is 25.8 Å². The van der Waals surface area contributed by atoms with Gasteiger partial charge in [-0.15, -0.1) is 0 Å². The van der Waals surface area contributed by atoms with E-state index in [1.165, 1.54) is 24.0 Å². The molecule has 1 aliphatic heterocycles. The first-order valence-electron chi connectivity index (χ1n) is 7.26. The van der Waals surface area contributed by atoms with Crippen molar-refractivity contribution in [1.82, 2.24) is 5.32 Å².